The fourth-order valence-corrected chi connectivity index (χ4v) is 0.656. The van der Waals surface area contributed by atoms with Crippen molar-refractivity contribution in [2.24, 2.45) is 4.99 Å². The van der Waals surface area contributed by atoms with Crippen LogP contribution in [0.1, 0.15) is 6.92 Å². The summed E-state index contributed by atoms with van der Waals surface area (Å²) in [6, 6.07) is 0. The molecule has 1 N–H and O–H groups in total. The Labute approximate surface area is 48.6 Å². The topological polar surface area (TPSA) is 32.6 Å². The molecule has 0 aromatic carbocycles. The van der Waals surface area contributed by atoms with Crippen LogP contribution < -0.4 is 0 Å². The number of rotatable bonds is 1. The van der Waals surface area contributed by atoms with Gasteiger partial charge in [-0.25, -0.2) is 0 Å². The minimum atomic E-state index is -0.395. The van der Waals surface area contributed by atoms with E-state index >= 15 is 0 Å². The van der Waals surface area contributed by atoms with E-state index in [1.807, 2.05) is 12.2 Å². The number of nitrogens with zero attached hydrogens (tertiary/aromatic N) is 1. The molecule has 0 saturated carbocycles. The van der Waals surface area contributed by atoms with Crippen molar-refractivity contribution in [3.8, 4) is 0 Å². The standard InChI is InChI=1S/C6H9NO/c1-5(8)6-3-2-4-7-6/h2-3,5,8H,4H2,1H3. The van der Waals surface area contributed by atoms with Crippen molar-refractivity contribution in [1.29, 1.82) is 0 Å². The Morgan fingerprint density at radius 2 is 2.62 bits per heavy atom. The average Bonchev–Trinajstić information content (AvgIpc) is 2.12. The van der Waals surface area contributed by atoms with Gasteiger partial charge in [0, 0.05) is 0 Å². The summed E-state index contributed by atoms with van der Waals surface area (Å²) in [6.07, 6.45) is 3.39. The van der Waals surface area contributed by atoms with Crippen LogP contribution in [0.15, 0.2) is 17.1 Å². The van der Waals surface area contributed by atoms with Crippen molar-refractivity contribution in [1.82, 2.24) is 0 Å². The van der Waals surface area contributed by atoms with E-state index in [2.05, 4.69) is 4.99 Å². The summed E-state index contributed by atoms with van der Waals surface area (Å²) in [5.74, 6) is 0. The van der Waals surface area contributed by atoms with E-state index in [4.69, 9.17) is 5.11 Å². The minimum Gasteiger partial charge on any atom is -0.387 e. The molecule has 1 aliphatic heterocycles. The largest absolute Gasteiger partial charge is 0.387 e. The van der Waals surface area contributed by atoms with E-state index in [-0.39, 0.29) is 0 Å². The molecule has 1 atom stereocenters. The monoisotopic (exact) mass is 111 g/mol. The van der Waals surface area contributed by atoms with Crippen LogP contribution in [0, 0.1) is 0 Å². The van der Waals surface area contributed by atoms with Gasteiger partial charge in [-0.1, -0.05) is 6.08 Å². The third kappa shape index (κ3) is 0.954. The summed E-state index contributed by atoms with van der Waals surface area (Å²) in [7, 11) is 0. The van der Waals surface area contributed by atoms with Crippen LogP contribution >= 0.6 is 0 Å². The van der Waals surface area contributed by atoms with Crippen LogP contribution in [0.2, 0.25) is 0 Å². The predicted octanol–water partition coefficient (Wildman–Crippen LogP) is 0.378. The molecule has 0 aromatic rings. The lowest BCUT2D eigenvalue weighted by Gasteiger charge is -1.97. The summed E-state index contributed by atoms with van der Waals surface area (Å²) in [6.45, 7) is 2.45. The number of aliphatic hydroxyl groups is 1. The Balaban J connectivity index is 2.58. The Bertz CT molecular complexity index is 135. The number of aliphatic imine (C=N–C) groups is 1. The molecule has 1 rings (SSSR count). The third-order valence-corrected chi connectivity index (χ3v) is 1.10. The molecular weight excluding hydrogens is 102 g/mol. The van der Waals surface area contributed by atoms with Crippen LogP contribution in [-0.4, -0.2) is 23.5 Å². The van der Waals surface area contributed by atoms with Gasteiger partial charge in [0.25, 0.3) is 0 Å². The quantitative estimate of drug-likeness (QED) is 0.521. The molecule has 0 bridgehead atoms. The molecule has 8 heavy (non-hydrogen) atoms. The Morgan fingerprint density at radius 3 is 2.88 bits per heavy atom. The first-order chi connectivity index (χ1) is 3.80. The lowest BCUT2D eigenvalue weighted by molar-refractivity contribution is 0.263. The summed E-state index contributed by atoms with van der Waals surface area (Å²) in [5, 5.41) is 8.87. The highest BCUT2D eigenvalue weighted by Crippen LogP contribution is 1.97. The van der Waals surface area contributed by atoms with Crippen molar-refractivity contribution in [3.63, 3.8) is 0 Å². The van der Waals surface area contributed by atoms with Gasteiger partial charge in [-0.3, -0.25) is 4.99 Å². The van der Waals surface area contributed by atoms with E-state index < -0.39 is 6.10 Å². The summed E-state index contributed by atoms with van der Waals surface area (Å²) in [5.41, 5.74) is 0.796. The smallest absolute Gasteiger partial charge is 0.0927 e. The molecule has 1 aliphatic rings. The summed E-state index contributed by atoms with van der Waals surface area (Å²) < 4.78 is 0. The molecule has 44 valence electrons. The van der Waals surface area contributed by atoms with Crippen LogP contribution in [0.25, 0.3) is 0 Å². The van der Waals surface area contributed by atoms with Gasteiger partial charge in [-0.2, -0.15) is 0 Å². The first kappa shape index (κ1) is 5.51. The highest BCUT2D eigenvalue weighted by Gasteiger charge is 2.03. The second kappa shape index (κ2) is 2.09. The van der Waals surface area contributed by atoms with Gasteiger partial charge in [0.15, 0.2) is 0 Å². The van der Waals surface area contributed by atoms with Crippen molar-refractivity contribution in [2.75, 3.05) is 6.54 Å². The van der Waals surface area contributed by atoms with Gasteiger partial charge in [0.1, 0.15) is 0 Å². The molecule has 0 aromatic heterocycles. The maximum absolute atomic E-state index is 8.87. The van der Waals surface area contributed by atoms with Gasteiger partial charge < -0.3 is 5.11 Å². The number of aliphatic hydroxyl groups excluding tert-OH is 1. The maximum atomic E-state index is 8.87. The minimum absolute atomic E-state index is 0.395. The van der Waals surface area contributed by atoms with Gasteiger partial charge >= 0.3 is 0 Å². The fraction of sp³-hybridized carbons (Fsp3) is 0.500. The molecule has 2 nitrogen and oxygen atoms in total. The van der Waals surface area contributed by atoms with Crippen LogP contribution in [0.5, 0.6) is 0 Å². The molecular formula is C6H9NO. The Morgan fingerprint density at radius 1 is 1.88 bits per heavy atom. The van der Waals surface area contributed by atoms with E-state index in [1.165, 1.54) is 0 Å². The van der Waals surface area contributed by atoms with E-state index in [9.17, 15) is 0 Å². The zero-order chi connectivity index (χ0) is 5.98. The van der Waals surface area contributed by atoms with Crippen molar-refractivity contribution < 1.29 is 5.11 Å². The highest BCUT2D eigenvalue weighted by atomic mass is 16.3. The fourth-order valence-electron chi connectivity index (χ4n) is 0.656. The number of hydrogen-bond acceptors (Lipinski definition) is 2. The lowest BCUT2D eigenvalue weighted by Crippen LogP contribution is -2.11. The van der Waals surface area contributed by atoms with Crippen molar-refractivity contribution >= 4 is 5.71 Å². The van der Waals surface area contributed by atoms with E-state index in [0.717, 1.165) is 12.3 Å². The highest BCUT2D eigenvalue weighted by molar-refractivity contribution is 5.99. The SMILES string of the molecule is CC(O)C1=NCC=C1. The molecule has 2 heteroatoms. The summed E-state index contributed by atoms with van der Waals surface area (Å²) >= 11 is 0. The molecule has 0 fully saturated rings. The van der Waals surface area contributed by atoms with E-state index in [0.29, 0.717) is 0 Å². The first-order valence-electron chi connectivity index (χ1n) is 2.69. The van der Waals surface area contributed by atoms with Crippen LogP contribution in [-0.2, 0) is 0 Å². The Hall–Kier alpha value is -0.630. The second-order valence-electron chi connectivity index (χ2n) is 1.84. The van der Waals surface area contributed by atoms with Gasteiger partial charge in [0.2, 0.25) is 0 Å². The number of hydrogen-bond donors (Lipinski definition) is 1. The molecule has 1 heterocycles. The zero-order valence-corrected chi connectivity index (χ0v) is 4.83. The normalized spacial score (nSPS) is 21.0. The molecule has 0 amide bonds. The second-order valence-corrected chi connectivity index (χ2v) is 1.84. The van der Waals surface area contributed by atoms with Gasteiger partial charge in [0.05, 0.1) is 18.4 Å². The molecule has 1 unspecified atom stereocenters. The predicted molar refractivity (Wildman–Crippen MR) is 33.1 cm³/mol. The first-order valence-corrected chi connectivity index (χ1v) is 2.69. The van der Waals surface area contributed by atoms with Crippen molar-refractivity contribution in [2.45, 2.75) is 13.0 Å². The third-order valence-electron chi connectivity index (χ3n) is 1.10. The lowest BCUT2D eigenvalue weighted by atomic mass is 10.2. The van der Waals surface area contributed by atoms with Crippen LogP contribution in [0.4, 0.5) is 0 Å². The summed E-state index contributed by atoms with van der Waals surface area (Å²) in [4.78, 5) is 3.99. The zero-order valence-electron chi connectivity index (χ0n) is 4.83. The molecule has 0 spiro atoms. The van der Waals surface area contributed by atoms with Crippen molar-refractivity contribution in [3.05, 3.63) is 12.2 Å². The van der Waals surface area contributed by atoms with E-state index in [1.54, 1.807) is 6.92 Å². The van der Waals surface area contributed by atoms with Gasteiger partial charge in [-0.05, 0) is 13.0 Å². The maximum Gasteiger partial charge on any atom is 0.0927 e. The molecule has 0 aliphatic carbocycles. The molecule has 0 saturated heterocycles. The Kier molecular flexibility index (Phi) is 1.44. The van der Waals surface area contributed by atoms with Gasteiger partial charge in [-0.15, -0.1) is 0 Å². The van der Waals surface area contributed by atoms with Crippen LogP contribution in [0.3, 0.4) is 0 Å². The molecule has 0 radical (unpaired) electrons. The average molecular weight is 111 g/mol.